The van der Waals surface area contributed by atoms with Gasteiger partial charge in [0.25, 0.3) is 5.91 Å². The molecular weight excluding hydrogens is 396 g/mol. The summed E-state index contributed by atoms with van der Waals surface area (Å²) in [5, 5.41) is 3.63. The molecule has 3 aromatic carbocycles. The number of nitrogens with one attached hydrogen (secondary N) is 1. The Balaban J connectivity index is 1.46. The van der Waals surface area contributed by atoms with Crippen LogP contribution in [0.25, 0.3) is 0 Å². The summed E-state index contributed by atoms with van der Waals surface area (Å²) in [6.07, 6.45) is 3.99. The minimum Gasteiger partial charge on any atom is -0.494 e. The molecule has 4 heteroatoms. The number of aryl methyl sites for hydroxylation is 1. The lowest BCUT2D eigenvalue weighted by atomic mass is 9.93. The minimum atomic E-state index is -0.605. The molecule has 0 saturated heterocycles. The molecule has 0 aliphatic carbocycles. The van der Waals surface area contributed by atoms with Gasteiger partial charge >= 0.3 is 0 Å². The van der Waals surface area contributed by atoms with Gasteiger partial charge in [-0.3, -0.25) is 4.79 Å². The van der Waals surface area contributed by atoms with Gasteiger partial charge in [0.1, 0.15) is 11.4 Å². The number of para-hydroxylation sites is 1. The number of unbranched alkanes of at least 4 members (excludes halogenated alkanes) is 1. The number of ether oxygens (including phenoxy) is 1. The van der Waals surface area contributed by atoms with Gasteiger partial charge in [-0.15, -0.1) is 0 Å². The highest BCUT2D eigenvalue weighted by atomic mass is 16.5. The number of benzene rings is 3. The first kappa shape index (κ1) is 21.9. The minimum absolute atomic E-state index is 0.0801. The third-order valence-electron chi connectivity index (χ3n) is 6.19. The maximum absolute atomic E-state index is 13.3. The molecule has 0 saturated carbocycles. The molecule has 4 rings (SSSR count). The molecule has 32 heavy (non-hydrogen) atoms. The van der Waals surface area contributed by atoms with E-state index in [1.165, 1.54) is 5.56 Å². The Bertz CT molecular complexity index is 1030. The number of amides is 1. The van der Waals surface area contributed by atoms with Crippen molar-refractivity contribution in [3.8, 4) is 5.75 Å². The number of hydrogen-bond donors (Lipinski definition) is 1. The summed E-state index contributed by atoms with van der Waals surface area (Å²) in [5.41, 5.74) is 3.40. The Morgan fingerprint density at radius 3 is 2.38 bits per heavy atom. The van der Waals surface area contributed by atoms with E-state index in [2.05, 4.69) is 55.6 Å². The van der Waals surface area contributed by atoms with E-state index in [0.717, 1.165) is 48.2 Å². The van der Waals surface area contributed by atoms with E-state index in [4.69, 9.17) is 4.74 Å². The molecule has 0 spiro atoms. The molecule has 0 radical (unpaired) electrons. The van der Waals surface area contributed by atoms with Gasteiger partial charge in [0.05, 0.1) is 12.2 Å². The SMILES string of the molecule is CCCCN1C(=O)c2ccccc2NC1(C)c1ccc(OCCCc2ccccc2)cc1. The number of carbonyl (C=O) groups excluding carboxylic acids is 1. The van der Waals surface area contributed by atoms with E-state index in [1.54, 1.807) is 0 Å². The van der Waals surface area contributed by atoms with Crippen LogP contribution in [0.1, 0.15) is 54.6 Å². The molecule has 166 valence electrons. The molecule has 1 amide bonds. The van der Waals surface area contributed by atoms with Gasteiger partial charge in [0.2, 0.25) is 0 Å². The molecule has 0 fully saturated rings. The van der Waals surface area contributed by atoms with Crippen LogP contribution in [0.4, 0.5) is 5.69 Å². The molecule has 0 aromatic heterocycles. The second-order valence-electron chi connectivity index (χ2n) is 8.52. The third kappa shape index (κ3) is 4.64. The van der Waals surface area contributed by atoms with E-state index in [-0.39, 0.29) is 5.91 Å². The van der Waals surface area contributed by atoms with E-state index in [0.29, 0.717) is 13.2 Å². The van der Waals surface area contributed by atoms with Crippen LogP contribution in [0, 0.1) is 0 Å². The largest absolute Gasteiger partial charge is 0.494 e. The van der Waals surface area contributed by atoms with E-state index < -0.39 is 5.66 Å². The molecule has 0 bridgehead atoms. The maximum atomic E-state index is 13.3. The Morgan fingerprint density at radius 1 is 0.906 bits per heavy atom. The molecule has 1 aliphatic rings. The number of hydrogen-bond acceptors (Lipinski definition) is 3. The Labute approximate surface area is 191 Å². The summed E-state index contributed by atoms with van der Waals surface area (Å²) >= 11 is 0. The fourth-order valence-corrected chi connectivity index (χ4v) is 4.31. The summed E-state index contributed by atoms with van der Waals surface area (Å²) in [6, 6.07) is 26.4. The van der Waals surface area contributed by atoms with Crippen molar-refractivity contribution in [3.05, 3.63) is 95.6 Å². The molecule has 1 N–H and O–H groups in total. The van der Waals surface area contributed by atoms with E-state index in [9.17, 15) is 4.79 Å². The van der Waals surface area contributed by atoms with Crippen LogP contribution in [0.3, 0.4) is 0 Å². The Morgan fingerprint density at radius 2 is 1.62 bits per heavy atom. The average Bonchev–Trinajstić information content (AvgIpc) is 2.83. The Hall–Kier alpha value is -3.27. The lowest BCUT2D eigenvalue weighted by Gasteiger charge is -2.47. The van der Waals surface area contributed by atoms with Crippen LogP contribution in [0.5, 0.6) is 5.75 Å². The first-order valence-corrected chi connectivity index (χ1v) is 11.6. The first-order valence-electron chi connectivity index (χ1n) is 11.6. The zero-order valence-corrected chi connectivity index (χ0v) is 19.0. The summed E-state index contributed by atoms with van der Waals surface area (Å²) in [5.74, 6) is 0.935. The van der Waals surface area contributed by atoms with Crippen molar-refractivity contribution >= 4 is 11.6 Å². The molecule has 1 heterocycles. The summed E-state index contributed by atoms with van der Waals surface area (Å²) < 4.78 is 5.97. The monoisotopic (exact) mass is 428 g/mol. The second-order valence-corrected chi connectivity index (χ2v) is 8.52. The quantitative estimate of drug-likeness (QED) is 0.410. The highest BCUT2D eigenvalue weighted by Crippen LogP contribution is 2.38. The lowest BCUT2D eigenvalue weighted by Crippen LogP contribution is -2.56. The second kappa shape index (κ2) is 9.90. The average molecular weight is 429 g/mol. The van der Waals surface area contributed by atoms with Crippen molar-refractivity contribution < 1.29 is 9.53 Å². The molecule has 3 aromatic rings. The van der Waals surface area contributed by atoms with Gasteiger partial charge in [-0.1, -0.05) is 67.9 Å². The normalized spacial score (nSPS) is 17.6. The van der Waals surface area contributed by atoms with Crippen molar-refractivity contribution in [3.63, 3.8) is 0 Å². The molecular formula is C28H32N2O2. The predicted molar refractivity (Wildman–Crippen MR) is 130 cm³/mol. The van der Waals surface area contributed by atoms with Gasteiger partial charge in [-0.25, -0.2) is 0 Å². The van der Waals surface area contributed by atoms with Gasteiger partial charge < -0.3 is 15.0 Å². The highest BCUT2D eigenvalue weighted by Gasteiger charge is 2.41. The van der Waals surface area contributed by atoms with Crippen LogP contribution in [0.2, 0.25) is 0 Å². The molecule has 1 unspecified atom stereocenters. The van der Waals surface area contributed by atoms with Crippen molar-refractivity contribution in [1.29, 1.82) is 0 Å². The van der Waals surface area contributed by atoms with E-state index in [1.807, 2.05) is 47.4 Å². The number of anilines is 1. The number of rotatable bonds is 9. The fourth-order valence-electron chi connectivity index (χ4n) is 4.31. The standard InChI is InChI=1S/C28H32N2O2/c1-3-4-20-30-27(31)25-14-8-9-15-26(25)29-28(30,2)23-16-18-24(19-17-23)32-21-10-13-22-11-6-5-7-12-22/h5-9,11-12,14-19,29H,3-4,10,13,20-21H2,1-2H3. The van der Waals surface area contributed by atoms with Crippen molar-refractivity contribution in [2.45, 2.75) is 45.2 Å². The van der Waals surface area contributed by atoms with Gasteiger partial charge in [0.15, 0.2) is 0 Å². The molecule has 1 aliphatic heterocycles. The van der Waals surface area contributed by atoms with Crippen LogP contribution >= 0.6 is 0 Å². The van der Waals surface area contributed by atoms with Gasteiger partial charge in [0, 0.05) is 12.2 Å². The number of nitrogens with zero attached hydrogens (tertiary/aromatic N) is 1. The number of carbonyl (C=O) groups is 1. The first-order chi connectivity index (χ1) is 15.6. The lowest BCUT2D eigenvalue weighted by molar-refractivity contribution is 0.0531. The van der Waals surface area contributed by atoms with Gasteiger partial charge in [-0.05, 0) is 61.6 Å². The van der Waals surface area contributed by atoms with Gasteiger partial charge in [-0.2, -0.15) is 0 Å². The van der Waals surface area contributed by atoms with Crippen LogP contribution in [-0.2, 0) is 12.1 Å². The highest BCUT2D eigenvalue weighted by molar-refractivity contribution is 6.02. The topological polar surface area (TPSA) is 41.6 Å². The van der Waals surface area contributed by atoms with Crippen LogP contribution in [0.15, 0.2) is 78.9 Å². The van der Waals surface area contributed by atoms with Crippen LogP contribution < -0.4 is 10.1 Å². The van der Waals surface area contributed by atoms with E-state index >= 15 is 0 Å². The zero-order valence-electron chi connectivity index (χ0n) is 19.0. The van der Waals surface area contributed by atoms with Crippen molar-refractivity contribution in [2.75, 3.05) is 18.5 Å². The Kier molecular flexibility index (Phi) is 6.79. The smallest absolute Gasteiger partial charge is 0.258 e. The zero-order chi connectivity index (χ0) is 22.4. The fraction of sp³-hybridized carbons (Fsp3) is 0.321. The summed E-state index contributed by atoms with van der Waals surface area (Å²) in [7, 11) is 0. The predicted octanol–water partition coefficient (Wildman–Crippen LogP) is 6.24. The molecule has 4 nitrogen and oxygen atoms in total. The molecule has 1 atom stereocenters. The number of fused-ring (bicyclic) bond motifs is 1. The summed E-state index contributed by atoms with van der Waals surface area (Å²) in [6.45, 7) is 5.63. The maximum Gasteiger partial charge on any atom is 0.258 e. The summed E-state index contributed by atoms with van der Waals surface area (Å²) in [4.78, 5) is 15.3. The van der Waals surface area contributed by atoms with Crippen molar-refractivity contribution in [1.82, 2.24) is 4.90 Å². The third-order valence-corrected chi connectivity index (χ3v) is 6.19. The van der Waals surface area contributed by atoms with Crippen molar-refractivity contribution in [2.24, 2.45) is 0 Å². The van der Waals surface area contributed by atoms with Crippen LogP contribution in [-0.4, -0.2) is 24.0 Å².